The van der Waals surface area contributed by atoms with Crippen LogP contribution < -0.4 is 0 Å². The van der Waals surface area contributed by atoms with Crippen LogP contribution in [0.2, 0.25) is 10.0 Å². The van der Waals surface area contributed by atoms with Crippen molar-refractivity contribution in [1.29, 1.82) is 0 Å². The number of rotatable bonds is 7. The van der Waals surface area contributed by atoms with Gasteiger partial charge in [-0.3, -0.25) is 14.4 Å². The van der Waals surface area contributed by atoms with E-state index in [9.17, 15) is 19.5 Å². The number of carboxylic acids is 1. The molecule has 4 rings (SSSR count). The zero-order chi connectivity index (χ0) is 25.3. The van der Waals surface area contributed by atoms with Crippen molar-refractivity contribution in [2.75, 3.05) is 0 Å². The number of carboxylic acid groups (broad SMARTS) is 1. The van der Waals surface area contributed by atoms with Gasteiger partial charge in [-0.15, -0.1) is 0 Å². The van der Waals surface area contributed by atoms with Crippen molar-refractivity contribution in [2.45, 2.75) is 70.1 Å². The first-order valence-corrected chi connectivity index (χ1v) is 12.6. The Morgan fingerprint density at radius 3 is 2.43 bits per heavy atom. The zero-order valence-corrected chi connectivity index (χ0v) is 21.3. The zero-order valence-electron chi connectivity index (χ0n) is 19.7. The predicted octanol–water partition coefficient (Wildman–Crippen LogP) is 6.02. The lowest BCUT2D eigenvalue weighted by Gasteiger charge is -2.52. The molecule has 0 saturated carbocycles. The fourth-order valence-electron chi connectivity index (χ4n) is 5.70. The molecule has 5 atom stereocenters. The number of ether oxygens (including phenoxy) is 1. The van der Waals surface area contributed by atoms with Crippen molar-refractivity contribution in [1.82, 2.24) is 4.90 Å². The number of esters is 1. The molecule has 2 aliphatic rings. The van der Waals surface area contributed by atoms with E-state index in [2.05, 4.69) is 0 Å². The second kappa shape index (κ2) is 10.2. The van der Waals surface area contributed by atoms with Crippen molar-refractivity contribution in [3.63, 3.8) is 0 Å². The van der Waals surface area contributed by atoms with Gasteiger partial charge in [0.15, 0.2) is 0 Å². The Hall–Kier alpha value is -2.57. The standard InChI is InChI=1S/C27H29Cl2NO5/c1-3-21(22-11-12-24(33)35-22)30-25(16-7-9-18(28)10-8-16)20(17-5-4-6-19(29)13-17)14-27(2,26(30)34)15-23(31)32/h4-10,13,20-22,25H,3,11-12,14-15H2,1-2H3,(H,31,32)/t20-,21?,22?,25-,27-/m1/s1. The molecule has 6 nitrogen and oxygen atoms in total. The molecule has 2 aliphatic heterocycles. The number of hydrogen-bond donors (Lipinski definition) is 1. The number of likely N-dealkylation sites (tertiary alicyclic amines) is 1. The van der Waals surface area contributed by atoms with Crippen molar-refractivity contribution in [3.8, 4) is 0 Å². The minimum Gasteiger partial charge on any atom is -0.481 e. The van der Waals surface area contributed by atoms with Crippen LogP contribution in [0.5, 0.6) is 0 Å². The Labute approximate surface area is 215 Å². The fraction of sp³-hybridized carbons (Fsp3) is 0.444. The highest BCUT2D eigenvalue weighted by Crippen LogP contribution is 2.52. The summed E-state index contributed by atoms with van der Waals surface area (Å²) in [6, 6.07) is 14.1. The third-order valence-electron chi connectivity index (χ3n) is 7.25. The van der Waals surface area contributed by atoms with Crippen LogP contribution in [0.1, 0.15) is 69.0 Å². The molecule has 2 saturated heterocycles. The Morgan fingerprint density at radius 2 is 1.86 bits per heavy atom. The van der Waals surface area contributed by atoms with Gasteiger partial charge in [-0.2, -0.15) is 0 Å². The molecule has 2 fully saturated rings. The van der Waals surface area contributed by atoms with E-state index in [1.807, 2.05) is 37.3 Å². The predicted molar refractivity (Wildman–Crippen MR) is 133 cm³/mol. The molecule has 35 heavy (non-hydrogen) atoms. The highest BCUT2D eigenvalue weighted by Gasteiger charge is 2.54. The van der Waals surface area contributed by atoms with Crippen LogP contribution in [0.4, 0.5) is 0 Å². The third-order valence-corrected chi connectivity index (χ3v) is 7.74. The van der Waals surface area contributed by atoms with Crippen LogP contribution in [-0.4, -0.2) is 40.0 Å². The van der Waals surface area contributed by atoms with E-state index in [1.54, 1.807) is 30.0 Å². The number of cyclic esters (lactones) is 1. The average Bonchev–Trinajstić information content (AvgIpc) is 3.23. The summed E-state index contributed by atoms with van der Waals surface area (Å²) in [6.45, 7) is 3.68. The normalized spacial score (nSPS) is 27.5. The van der Waals surface area contributed by atoms with Gasteiger partial charge in [0, 0.05) is 22.4 Å². The quantitative estimate of drug-likeness (QED) is 0.454. The minimum absolute atomic E-state index is 0.233. The molecular formula is C27H29Cl2NO5. The van der Waals surface area contributed by atoms with Crippen LogP contribution in [0.3, 0.4) is 0 Å². The van der Waals surface area contributed by atoms with Crippen LogP contribution >= 0.6 is 23.2 Å². The number of carbonyl (C=O) groups is 3. The van der Waals surface area contributed by atoms with Crippen molar-refractivity contribution < 1.29 is 24.2 Å². The number of piperidine rings is 1. The second-order valence-electron chi connectivity index (χ2n) is 9.75. The van der Waals surface area contributed by atoms with Crippen LogP contribution in [0.25, 0.3) is 0 Å². The van der Waals surface area contributed by atoms with Gasteiger partial charge < -0.3 is 14.7 Å². The van der Waals surface area contributed by atoms with E-state index >= 15 is 0 Å². The molecule has 0 aromatic heterocycles. The molecule has 1 N–H and O–H groups in total. The number of carbonyl (C=O) groups excluding carboxylic acids is 2. The molecule has 8 heteroatoms. The summed E-state index contributed by atoms with van der Waals surface area (Å²) >= 11 is 12.5. The lowest BCUT2D eigenvalue weighted by atomic mass is 9.66. The summed E-state index contributed by atoms with van der Waals surface area (Å²) in [6.07, 6.45) is 0.972. The van der Waals surface area contributed by atoms with Crippen molar-refractivity contribution in [2.24, 2.45) is 5.41 Å². The summed E-state index contributed by atoms with van der Waals surface area (Å²) in [4.78, 5) is 39.8. The Bertz CT molecular complexity index is 1120. The maximum absolute atomic E-state index is 14.2. The topological polar surface area (TPSA) is 83.9 Å². The van der Waals surface area contributed by atoms with Gasteiger partial charge in [-0.05, 0) is 54.7 Å². The summed E-state index contributed by atoms with van der Waals surface area (Å²) in [7, 11) is 0. The molecule has 0 aliphatic carbocycles. The van der Waals surface area contributed by atoms with E-state index in [4.69, 9.17) is 27.9 Å². The Kier molecular flexibility index (Phi) is 7.43. The molecule has 0 radical (unpaired) electrons. The second-order valence-corrected chi connectivity index (χ2v) is 10.6. The van der Waals surface area contributed by atoms with E-state index in [0.717, 1.165) is 11.1 Å². The molecule has 2 unspecified atom stereocenters. The van der Waals surface area contributed by atoms with Crippen molar-refractivity contribution >= 4 is 41.0 Å². The SMILES string of the molecule is CCC(C1CCC(=O)O1)N1C(=O)[C@@](C)(CC(=O)O)C[C@H](c2cccc(Cl)c2)[C@H]1c1ccc(Cl)cc1. The summed E-state index contributed by atoms with van der Waals surface area (Å²) in [5, 5.41) is 10.9. The number of nitrogens with zero attached hydrogens (tertiary/aromatic N) is 1. The summed E-state index contributed by atoms with van der Waals surface area (Å²) < 4.78 is 5.64. The highest BCUT2D eigenvalue weighted by molar-refractivity contribution is 6.30. The van der Waals surface area contributed by atoms with Gasteiger partial charge in [-0.25, -0.2) is 0 Å². The summed E-state index contributed by atoms with van der Waals surface area (Å²) in [5.41, 5.74) is 0.662. The molecule has 2 aromatic carbocycles. The first-order chi connectivity index (χ1) is 16.6. The van der Waals surface area contributed by atoms with E-state index in [0.29, 0.717) is 35.7 Å². The maximum Gasteiger partial charge on any atom is 0.306 e. The van der Waals surface area contributed by atoms with Crippen LogP contribution in [0, 0.1) is 5.41 Å². The maximum atomic E-state index is 14.2. The molecule has 0 spiro atoms. The molecule has 0 bridgehead atoms. The Balaban J connectivity index is 1.90. The lowest BCUT2D eigenvalue weighted by molar-refractivity contribution is -0.166. The smallest absolute Gasteiger partial charge is 0.306 e. The lowest BCUT2D eigenvalue weighted by Crippen LogP contribution is -2.58. The third kappa shape index (κ3) is 5.19. The molecule has 2 aromatic rings. The van der Waals surface area contributed by atoms with Gasteiger partial charge >= 0.3 is 11.9 Å². The Morgan fingerprint density at radius 1 is 1.14 bits per heavy atom. The number of aliphatic carboxylic acids is 1. The number of amides is 1. The average molecular weight is 518 g/mol. The number of hydrogen-bond acceptors (Lipinski definition) is 4. The summed E-state index contributed by atoms with van der Waals surface area (Å²) in [5.74, 6) is -1.78. The molecule has 186 valence electrons. The monoisotopic (exact) mass is 517 g/mol. The van der Waals surface area contributed by atoms with Gasteiger partial charge in [0.2, 0.25) is 5.91 Å². The molecule has 2 heterocycles. The van der Waals surface area contributed by atoms with E-state index in [-0.39, 0.29) is 24.2 Å². The van der Waals surface area contributed by atoms with E-state index in [1.165, 1.54) is 0 Å². The number of halogens is 2. The first kappa shape index (κ1) is 25.5. The highest BCUT2D eigenvalue weighted by atomic mass is 35.5. The van der Waals surface area contributed by atoms with Gasteiger partial charge in [-0.1, -0.05) is 61.3 Å². The molecule has 1 amide bonds. The first-order valence-electron chi connectivity index (χ1n) is 11.9. The van der Waals surface area contributed by atoms with Gasteiger partial charge in [0.25, 0.3) is 0 Å². The minimum atomic E-state index is -1.14. The fourth-order valence-corrected chi connectivity index (χ4v) is 6.03. The largest absolute Gasteiger partial charge is 0.481 e. The van der Waals surface area contributed by atoms with Gasteiger partial charge in [0.05, 0.1) is 23.9 Å². The van der Waals surface area contributed by atoms with Crippen LogP contribution in [-0.2, 0) is 19.1 Å². The van der Waals surface area contributed by atoms with E-state index < -0.39 is 29.6 Å². The van der Waals surface area contributed by atoms with Crippen molar-refractivity contribution in [3.05, 3.63) is 69.7 Å². The van der Waals surface area contributed by atoms with Gasteiger partial charge in [0.1, 0.15) is 6.10 Å². The molecular weight excluding hydrogens is 489 g/mol. The number of benzene rings is 2. The van der Waals surface area contributed by atoms with Crippen LogP contribution in [0.15, 0.2) is 48.5 Å².